The number of aryl methyl sites for hydroxylation is 1. The SMILES string of the molecule is Cc1ccnc(-c2cccc3c2oc2c(-c4ccccc4)c(C#N)ccc23)c1. The highest BCUT2D eigenvalue weighted by Gasteiger charge is 2.18. The maximum atomic E-state index is 9.68. The molecule has 3 nitrogen and oxygen atoms in total. The van der Waals surface area contributed by atoms with Gasteiger partial charge < -0.3 is 4.42 Å². The lowest BCUT2D eigenvalue weighted by Crippen LogP contribution is -1.85. The second-order valence-corrected chi connectivity index (χ2v) is 6.85. The number of rotatable bonds is 2. The highest BCUT2D eigenvalue weighted by molar-refractivity contribution is 6.13. The molecule has 3 heteroatoms. The predicted octanol–water partition coefficient (Wildman–Crippen LogP) is 6.50. The van der Waals surface area contributed by atoms with Gasteiger partial charge in [-0.1, -0.05) is 42.5 Å². The molecule has 2 aromatic heterocycles. The van der Waals surface area contributed by atoms with E-state index in [-0.39, 0.29) is 0 Å². The van der Waals surface area contributed by atoms with Crippen molar-refractivity contribution < 1.29 is 4.42 Å². The Balaban J connectivity index is 1.89. The Morgan fingerprint density at radius 2 is 1.68 bits per heavy atom. The molecule has 0 fully saturated rings. The fourth-order valence-electron chi connectivity index (χ4n) is 3.73. The molecule has 0 saturated carbocycles. The molecule has 2 heterocycles. The van der Waals surface area contributed by atoms with Crippen molar-refractivity contribution >= 4 is 21.9 Å². The van der Waals surface area contributed by atoms with E-state index in [0.717, 1.165) is 49.9 Å². The van der Waals surface area contributed by atoms with Crippen molar-refractivity contribution in [1.29, 1.82) is 5.26 Å². The molecule has 28 heavy (non-hydrogen) atoms. The topological polar surface area (TPSA) is 49.8 Å². The third-order valence-corrected chi connectivity index (χ3v) is 5.04. The zero-order valence-electron chi connectivity index (χ0n) is 15.3. The molecule has 0 bridgehead atoms. The first-order valence-corrected chi connectivity index (χ1v) is 9.13. The van der Waals surface area contributed by atoms with Gasteiger partial charge in [-0.15, -0.1) is 0 Å². The molecule has 0 saturated heterocycles. The van der Waals surface area contributed by atoms with Crippen LogP contribution in [-0.2, 0) is 0 Å². The van der Waals surface area contributed by atoms with Crippen molar-refractivity contribution in [3.8, 4) is 28.5 Å². The van der Waals surface area contributed by atoms with E-state index in [1.165, 1.54) is 0 Å². The van der Waals surface area contributed by atoms with Crippen molar-refractivity contribution in [2.24, 2.45) is 0 Å². The molecule has 0 radical (unpaired) electrons. The number of aromatic nitrogens is 1. The summed E-state index contributed by atoms with van der Waals surface area (Å²) in [5.41, 5.74) is 6.92. The van der Waals surface area contributed by atoms with Gasteiger partial charge in [-0.05, 0) is 48.4 Å². The highest BCUT2D eigenvalue weighted by atomic mass is 16.3. The van der Waals surface area contributed by atoms with Crippen LogP contribution in [0.15, 0.2) is 83.4 Å². The molecule has 0 aliphatic carbocycles. The van der Waals surface area contributed by atoms with Crippen LogP contribution in [0.25, 0.3) is 44.3 Å². The Morgan fingerprint density at radius 1 is 0.857 bits per heavy atom. The minimum Gasteiger partial charge on any atom is -0.455 e. The van der Waals surface area contributed by atoms with Gasteiger partial charge in [0, 0.05) is 28.1 Å². The number of fused-ring (bicyclic) bond motifs is 3. The molecule has 5 rings (SSSR count). The highest BCUT2D eigenvalue weighted by Crippen LogP contribution is 2.40. The van der Waals surface area contributed by atoms with Crippen molar-refractivity contribution in [2.45, 2.75) is 6.92 Å². The second kappa shape index (κ2) is 6.37. The van der Waals surface area contributed by atoms with Crippen LogP contribution in [0.2, 0.25) is 0 Å². The van der Waals surface area contributed by atoms with Crippen molar-refractivity contribution in [3.63, 3.8) is 0 Å². The Labute approximate surface area is 162 Å². The predicted molar refractivity (Wildman–Crippen MR) is 112 cm³/mol. The molecule has 5 aromatic rings. The standard InChI is InChI=1S/C25H16N2O/c1-16-12-13-27-22(14-16)21-9-5-8-19-20-11-10-18(15-26)23(25(20)28-24(19)21)17-6-3-2-4-7-17/h2-14H,1H3. The van der Waals surface area contributed by atoms with Gasteiger partial charge in [0.05, 0.1) is 17.3 Å². The quantitative estimate of drug-likeness (QED) is 0.361. The number of hydrogen-bond acceptors (Lipinski definition) is 3. The number of nitriles is 1. The molecule has 0 unspecified atom stereocenters. The van der Waals surface area contributed by atoms with Gasteiger partial charge in [-0.25, -0.2) is 0 Å². The van der Waals surface area contributed by atoms with E-state index in [1.54, 1.807) is 0 Å². The molecule has 0 aliphatic rings. The summed E-state index contributed by atoms with van der Waals surface area (Å²) in [4.78, 5) is 4.53. The third-order valence-electron chi connectivity index (χ3n) is 5.04. The Morgan fingerprint density at radius 3 is 2.46 bits per heavy atom. The third kappa shape index (κ3) is 2.47. The van der Waals surface area contributed by atoms with Crippen LogP contribution in [0.4, 0.5) is 0 Å². The summed E-state index contributed by atoms with van der Waals surface area (Å²) in [7, 11) is 0. The van der Waals surface area contributed by atoms with Crippen LogP contribution >= 0.6 is 0 Å². The normalized spacial score (nSPS) is 11.0. The monoisotopic (exact) mass is 360 g/mol. The summed E-state index contributed by atoms with van der Waals surface area (Å²) in [6, 6.07) is 26.2. The van der Waals surface area contributed by atoms with E-state index in [4.69, 9.17) is 4.42 Å². The summed E-state index contributed by atoms with van der Waals surface area (Å²) in [6.45, 7) is 2.05. The van der Waals surface area contributed by atoms with E-state index >= 15 is 0 Å². The van der Waals surface area contributed by atoms with E-state index in [1.807, 2.05) is 66.9 Å². The van der Waals surface area contributed by atoms with Crippen LogP contribution < -0.4 is 0 Å². The smallest absolute Gasteiger partial charge is 0.144 e. The van der Waals surface area contributed by atoms with Crippen molar-refractivity contribution in [1.82, 2.24) is 4.98 Å². The number of para-hydroxylation sites is 1. The summed E-state index contributed by atoms with van der Waals surface area (Å²) < 4.78 is 6.41. The van der Waals surface area contributed by atoms with Crippen LogP contribution in [-0.4, -0.2) is 4.98 Å². The molecular formula is C25H16N2O. The van der Waals surface area contributed by atoms with Gasteiger partial charge in [0.2, 0.25) is 0 Å². The number of furan rings is 1. The fourth-order valence-corrected chi connectivity index (χ4v) is 3.73. The summed E-state index contributed by atoms with van der Waals surface area (Å²) in [5, 5.41) is 11.7. The first kappa shape index (κ1) is 16.3. The number of pyridine rings is 1. The van der Waals surface area contributed by atoms with Crippen LogP contribution in [0.5, 0.6) is 0 Å². The molecule has 0 atom stereocenters. The zero-order valence-corrected chi connectivity index (χ0v) is 15.3. The molecule has 0 aliphatic heterocycles. The Hall–Kier alpha value is -3.90. The minimum atomic E-state index is 0.605. The lowest BCUT2D eigenvalue weighted by Gasteiger charge is -2.05. The molecular weight excluding hydrogens is 344 g/mol. The summed E-state index contributed by atoms with van der Waals surface area (Å²) >= 11 is 0. The minimum absolute atomic E-state index is 0.605. The lowest BCUT2D eigenvalue weighted by atomic mass is 9.97. The zero-order chi connectivity index (χ0) is 19.1. The van der Waals surface area contributed by atoms with Gasteiger partial charge >= 0.3 is 0 Å². The van der Waals surface area contributed by atoms with Crippen LogP contribution in [0, 0.1) is 18.3 Å². The Kier molecular flexibility index (Phi) is 3.70. The first-order chi connectivity index (χ1) is 13.8. The molecule has 3 aromatic carbocycles. The fraction of sp³-hybridized carbons (Fsp3) is 0.0400. The van der Waals surface area contributed by atoms with Crippen LogP contribution in [0.3, 0.4) is 0 Å². The molecule has 0 amide bonds. The molecule has 0 N–H and O–H groups in total. The number of hydrogen-bond donors (Lipinski definition) is 0. The van der Waals surface area contributed by atoms with Gasteiger partial charge in [-0.3, -0.25) is 4.98 Å². The van der Waals surface area contributed by atoms with Crippen LogP contribution in [0.1, 0.15) is 11.1 Å². The molecule has 132 valence electrons. The average Bonchev–Trinajstić information content (AvgIpc) is 3.12. The number of nitrogens with zero attached hydrogens (tertiary/aromatic N) is 2. The lowest BCUT2D eigenvalue weighted by molar-refractivity contribution is 0.670. The van der Waals surface area contributed by atoms with Gasteiger partial charge in [0.15, 0.2) is 0 Å². The largest absolute Gasteiger partial charge is 0.455 e. The number of benzene rings is 3. The van der Waals surface area contributed by atoms with E-state index < -0.39 is 0 Å². The average molecular weight is 360 g/mol. The maximum absolute atomic E-state index is 9.68. The molecule has 0 spiro atoms. The Bertz CT molecular complexity index is 1370. The maximum Gasteiger partial charge on any atom is 0.144 e. The van der Waals surface area contributed by atoms with E-state index in [2.05, 4.69) is 30.1 Å². The van der Waals surface area contributed by atoms with E-state index in [9.17, 15) is 5.26 Å². The van der Waals surface area contributed by atoms with Gasteiger partial charge in [-0.2, -0.15) is 5.26 Å². The van der Waals surface area contributed by atoms with Crippen molar-refractivity contribution in [2.75, 3.05) is 0 Å². The second-order valence-electron chi connectivity index (χ2n) is 6.85. The van der Waals surface area contributed by atoms with Crippen molar-refractivity contribution in [3.05, 3.63) is 90.1 Å². The van der Waals surface area contributed by atoms with E-state index in [0.29, 0.717) is 5.56 Å². The summed E-state index contributed by atoms with van der Waals surface area (Å²) in [6.07, 6.45) is 1.81. The first-order valence-electron chi connectivity index (χ1n) is 9.13. The van der Waals surface area contributed by atoms with Gasteiger partial charge in [0.25, 0.3) is 0 Å². The summed E-state index contributed by atoms with van der Waals surface area (Å²) in [5.74, 6) is 0. The van der Waals surface area contributed by atoms with Gasteiger partial charge in [0.1, 0.15) is 11.2 Å².